The average molecular weight is 535 g/mol. The SMILES string of the molecule is CCCCCCCCCCCCCCCCCCOc1ccccc1C=CC(=S)c1ccc(CCC)cc1. The van der Waals surface area contributed by atoms with E-state index in [-0.39, 0.29) is 0 Å². The molecular formula is C36H54OS. The molecule has 210 valence electrons. The van der Waals surface area contributed by atoms with Crippen LogP contribution in [0.4, 0.5) is 0 Å². The Hall–Kier alpha value is -1.93. The van der Waals surface area contributed by atoms with Crippen LogP contribution in [-0.2, 0) is 6.42 Å². The molecule has 2 heteroatoms. The molecule has 2 aromatic rings. The normalized spacial score (nSPS) is 11.3. The van der Waals surface area contributed by atoms with Gasteiger partial charge in [0.25, 0.3) is 0 Å². The van der Waals surface area contributed by atoms with Crippen LogP contribution in [0.25, 0.3) is 6.08 Å². The van der Waals surface area contributed by atoms with E-state index >= 15 is 0 Å². The summed E-state index contributed by atoms with van der Waals surface area (Å²) in [5.74, 6) is 0.950. The molecule has 0 heterocycles. The first-order valence-corrected chi connectivity index (χ1v) is 16.2. The van der Waals surface area contributed by atoms with Crippen molar-refractivity contribution < 1.29 is 4.74 Å². The number of ether oxygens (including phenoxy) is 1. The predicted octanol–water partition coefficient (Wildman–Crippen LogP) is 11.7. The van der Waals surface area contributed by atoms with Gasteiger partial charge in [0.05, 0.1) is 6.61 Å². The molecule has 0 amide bonds. The van der Waals surface area contributed by atoms with Gasteiger partial charge in [-0.05, 0) is 42.2 Å². The van der Waals surface area contributed by atoms with Crippen molar-refractivity contribution in [1.29, 1.82) is 0 Å². The Balaban J connectivity index is 1.52. The minimum absolute atomic E-state index is 0.784. The van der Waals surface area contributed by atoms with Gasteiger partial charge in [0, 0.05) is 10.4 Å². The third kappa shape index (κ3) is 14.9. The van der Waals surface area contributed by atoms with Crippen LogP contribution in [0, 0.1) is 0 Å². The van der Waals surface area contributed by atoms with E-state index < -0.39 is 0 Å². The van der Waals surface area contributed by atoms with Gasteiger partial charge in [-0.15, -0.1) is 0 Å². The van der Waals surface area contributed by atoms with E-state index in [4.69, 9.17) is 17.0 Å². The Morgan fingerprint density at radius 3 is 1.71 bits per heavy atom. The first-order chi connectivity index (χ1) is 18.7. The largest absolute Gasteiger partial charge is 0.493 e. The van der Waals surface area contributed by atoms with Crippen molar-refractivity contribution in [2.45, 2.75) is 129 Å². The summed E-state index contributed by atoms with van der Waals surface area (Å²) in [6.07, 6.45) is 28.6. The van der Waals surface area contributed by atoms with Crippen molar-refractivity contribution in [3.63, 3.8) is 0 Å². The number of aryl methyl sites for hydroxylation is 1. The van der Waals surface area contributed by atoms with Gasteiger partial charge < -0.3 is 4.74 Å². The number of benzene rings is 2. The lowest BCUT2D eigenvalue weighted by molar-refractivity contribution is 0.303. The monoisotopic (exact) mass is 534 g/mol. The Morgan fingerprint density at radius 2 is 1.16 bits per heavy atom. The first kappa shape index (κ1) is 32.3. The molecule has 0 fully saturated rings. The molecule has 0 atom stereocenters. The van der Waals surface area contributed by atoms with Crippen molar-refractivity contribution in [3.05, 3.63) is 71.3 Å². The third-order valence-electron chi connectivity index (χ3n) is 7.37. The fraction of sp³-hybridized carbons (Fsp3) is 0.583. The van der Waals surface area contributed by atoms with E-state index in [2.05, 4.69) is 62.4 Å². The van der Waals surface area contributed by atoms with Crippen molar-refractivity contribution in [1.82, 2.24) is 0 Å². The molecule has 0 radical (unpaired) electrons. The minimum Gasteiger partial charge on any atom is -0.493 e. The molecule has 0 saturated heterocycles. The number of unbranched alkanes of at least 4 members (excludes halogenated alkanes) is 15. The molecule has 0 N–H and O–H groups in total. The van der Waals surface area contributed by atoms with E-state index in [1.54, 1.807) is 0 Å². The van der Waals surface area contributed by atoms with Crippen molar-refractivity contribution >= 4 is 23.2 Å². The second-order valence-corrected chi connectivity index (χ2v) is 11.3. The number of hydrogen-bond acceptors (Lipinski definition) is 2. The van der Waals surface area contributed by atoms with Crippen LogP contribution >= 0.6 is 12.2 Å². The van der Waals surface area contributed by atoms with Crippen molar-refractivity contribution in [2.24, 2.45) is 0 Å². The molecule has 0 saturated carbocycles. The second-order valence-electron chi connectivity index (χ2n) is 10.8. The molecule has 0 aliphatic rings. The number of hydrogen-bond donors (Lipinski definition) is 0. The summed E-state index contributed by atoms with van der Waals surface area (Å²) in [6.45, 7) is 5.29. The standard InChI is InChI=1S/C36H54OS/c1-3-5-6-7-8-9-10-11-12-13-14-15-16-17-18-21-31-37-35-24-20-19-23-33(35)29-30-36(38)34-27-25-32(22-4-2)26-28-34/h19-20,23-30H,3-18,21-22,31H2,1-2H3. The molecular weight excluding hydrogens is 480 g/mol. The molecule has 0 bridgehead atoms. The zero-order valence-electron chi connectivity index (χ0n) is 24.5. The third-order valence-corrected chi connectivity index (χ3v) is 7.74. The summed E-state index contributed by atoms with van der Waals surface area (Å²) in [6, 6.07) is 16.9. The van der Waals surface area contributed by atoms with E-state index in [0.29, 0.717) is 0 Å². The summed E-state index contributed by atoms with van der Waals surface area (Å²) in [7, 11) is 0. The molecule has 0 spiro atoms. The van der Waals surface area contributed by atoms with Gasteiger partial charge >= 0.3 is 0 Å². The highest BCUT2D eigenvalue weighted by atomic mass is 32.1. The molecule has 0 aromatic heterocycles. The highest BCUT2D eigenvalue weighted by Gasteiger charge is 2.02. The summed E-state index contributed by atoms with van der Waals surface area (Å²) in [5, 5.41) is 0. The van der Waals surface area contributed by atoms with Crippen LogP contribution in [0.15, 0.2) is 54.6 Å². The van der Waals surface area contributed by atoms with Gasteiger partial charge in [-0.25, -0.2) is 0 Å². The Bertz CT molecular complexity index is 882. The van der Waals surface area contributed by atoms with E-state index in [1.165, 1.54) is 108 Å². The number of para-hydroxylation sites is 1. The number of allylic oxidation sites excluding steroid dienone is 1. The van der Waals surface area contributed by atoms with Gasteiger partial charge in [-0.1, -0.05) is 171 Å². The first-order valence-electron chi connectivity index (χ1n) is 15.8. The van der Waals surface area contributed by atoms with Gasteiger partial charge in [0.2, 0.25) is 0 Å². The maximum absolute atomic E-state index is 6.14. The summed E-state index contributed by atoms with van der Waals surface area (Å²) < 4.78 is 6.14. The van der Waals surface area contributed by atoms with Crippen LogP contribution in [0.5, 0.6) is 5.75 Å². The number of thiocarbonyl (C=S) groups is 1. The molecule has 0 aliphatic heterocycles. The van der Waals surface area contributed by atoms with Gasteiger partial charge in [-0.3, -0.25) is 0 Å². The lowest BCUT2D eigenvalue weighted by Gasteiger charge is -2.09. The second kappa shape index (κ2) is 21.9. The molecule has 2 aromatic carbocycles. The van der Waals surface area contributed by atoms with Crippen LogP contribution in [0.1, 0.15) is 140 Å². The van der Waals surface area contributed by atoms with Gasteiger partial charge in [0.1, 0.15) is 5.75 Å². The zero-order chi connectivity index (χ0) is 27.1. The summed E-state index contributed by atoms with van der Waals surface area (Å²) >= 11 is 5.66. The lowest BCUT2D eigenvalue weighted by atomic mass is 10.0. The molecule has 38 heavy (non-hydrogen) atoms. The Morgan fingerprint density at radius 1 is 0.632 bits per heavy atom. The van der Waals surface area contributed by atoms with E-state index in [0.717, 1.165) is 41.2 Å². The number of rotatable bonds is 23. The topological polar surface area (TPSA) is 9.23 Å². The highest BCUT2D eigenvalue weighted by Crippen LogP contribution is 2.21. The zero-order valence-corrected chi connectivity index (χ0v) is 25.3. The Labute approximate surface area is 240 Å². The fourth-order valence-electron chi connectivity index (χ4n) is 4.97. The van der Waals surface area contributed by atoms with Crippen LogP contribution in [0.2, 0.25) is 0 Å². The minimum atomic E-state index is 0.784. The lowest BCUT2D eigenvalue weighted by Crippen LogP contribution is -1.99. The quantitative estimate of drug-likeness (QED) is 0.0606. The van der Waals surface area contributed by atoms with E-state index in [1.807, 2.05) is 12.1 Å². The summed E-state index contributed by atoms with van der Waals surface area (Å²) in [4.78, 5) is 0.862. The van der Waals surface area contributed by atoms with Gasteiger partial charge in [-0.2, -0.15) is 0 Å². The molecule has 0 aliphatic carbocycles. The van der Waals surface area contributed by atoms with E-state index in [9.17, 15) is 0 Å². The highest BCUT2D eigenvalue weighted by molar-refractivity contribution is 7.81. The molecule has 0 unspecified atom stereocenters. The maximum Gasteiger partial charge on any atom is 0.126 e. The maximum atomic E-state index is 6.14. The van der Waals surface area contributed by atoms with Crippen molar-refractivity contribution in [2.75, 3.05) is 6.61 Å². The predicted molar refractivity (Wildman–Crippen MR) is 173 cm³/mol. The molecule has 1 nitrogen and oxygen atoms in total. The van der Waals surface area contributed by atoms with Crippen molar-refractivity contribution in [3.8, 4) is 5.75 Å². The van der Waals surface area contributed by atoms with Gasteiger partial charge in [0.15, 0.2) is 0 Å². The molecule has 2 rings (SSSR count). The fourth-order valence-corrected chi connectivity index (χ4v) is 5.17. The van der Waals surface area contributed by atoms with Crippen LogP contribution < -0.4 is 4.74 Å². The average Bonchev–Trinajstić information content (AvgIpc) is 2.94. The smallest absolute Gasteiger partial charge is 0.126 e. The summed E-state index contributed by atoms with van der Waals surface area (Å²) in [5.41, 5.74) is 3.56. The Kier molecular flexibility index (Phi) is 18.6. The van der Waals surface area contributed by atoms with Crippen LogP contribution in [-0.4, -0.2) is 11.5 Å². The van der Waals surface area contributed by atoms with Crippen LogP contribution in [0.3, 0.4) is 0 Å².